The number of carboxylic acid groups (broad SMARTS) is 2. The van der Waals surface area contributed by atoms with Crippen molar-refractivity contribution in [1.29, 1.82) is 0 Å². The van der Waals surface area contributed by atoms with Gasteiger partial charge >= 0.3 is 11.9 Å². The molecule has 0 saturated heterocycles. The molecule has 88 valence electrons. The normalized spacial score (nSPS) is 17.1. The first-order valence-corrected chi connectivity index (χ1v) is 4.40. The van der Waals surface area contributed by atoms with Gasteiger partial charge in [0.2, 0.25) is 0 Å². The molecular formula is C8H16N2O5. The molecular weight excluding hydrogens is 204 g/mol. The van der Waals surface area contributed by atoms with Crippen molar-refractivity contribution >= 4 is 11.9 Å². The Morgan fingerprint density at radius 2 is 1.67 bits per heavy atom. The van der Waals surface area contributed by atoms with E-state index in [1.54, 1.807) is 0 Å². The van der Waals surface area contributed by atoms with Crippen molar-refractivity contribution in [2.75, 3.05) is 7.05 Å². The summed E-state index contributed by atoms with van der Waals surface area (Å²) in [5.41, 5.74) is 2.44. The Labute approximate surface area is 87.3 Å². The molecule has 0 radical (unpaired) electrons. The number of hydrogen-bond donors (Lipinski definition) is 4. The van der Waals surface area contributed by atoms with Crippen molar-refractivity contribution in [3.8, 4) is 0 Å². The molecule has 4 N–H and O–H groups in total. The highest BCUT2D eigenvalue weighted by atomic mass is 16.4. The minimum atomic E-state index is -1.22. The van der Waals surface area contributed by atoms with E-state index in [2.05, 4.69) is 5.43 Å². The summed E-state index contributed by atoms with van der Waals surface area (Å²) >= 11 is 0. The molecule has 0 aromatic rings. The van der Waals surface area contributed by atoms with Crippen LogP contribution in [0.1, 0.15) is 13.8 Å². The number of carboxylic acids is 2. The minimum Gasteiger partial charge on any atom is -0.480 e. The van der Waals surface area contributed by atoms with E-state index in [0.29, 0.717) is 0 Å². The molecule has 0 amide bonds. The Morgan fingerprint density at radius 3 is 1.93 bits per heavy atom. The first-order chi connectivity index (χ1) is 6.77. The van der Waals surface area contributed by atoms with Crippen LogP contribution in [0.4, 0.5) is 0 Å². The van der Waals surface area contributed by atoms with Crippen molar-refractivity contribution in [2.45, 2.75) is 32.0 Å². The summed E-state index contributed by atoms with van der Waals surface area (Å²) in [6, 6.07) is -2.11. The minimum absolute atomic E-state index is 0.921. The van der Waals surface area contributed by atoms with Gasteiger partial charge in [0.15, 0.2) is 0 Å². The SMILES string of the molecule is C[C@H](NN(C)[C@H](C(=O)O)[C@@H](C)O)C(=O)O. The molecule has 0 bridgehead atoms. The van der Waals surface area contributed by atoms with Crippen LogP contribution >= 0.6 is 0 Å². The number of rotatable bonds is 6. The second-order valence-electron chi connectivity index (χ2n) is 3.32. The summed E-state index contributed by atoms with van der Waals surface area (Å²) in [6.07, 6.45) is -1.11. The summed E-state index contributed by atoms with van der Waals surface area (Å²) in [4.78, 5) is 21.2. The summed E-state index contributed by atoms with van der Waals surface area (Å²) in [5, 5.41) is 27.6. The monoisotopic (exact) mass is 220 g/mol. The molecule has 15 heavy (non-hydrogen) atoms. The van der Waals surface area contributed by atoms with Gasteiger partial charge in [-0.15, -0.1) is 0 Å². The number of aliphatic hydroxyl groups is 1. The fourth-order valence-corrected chi connectivity index (χ4v) is 1.14. The molecule has 3 atom stereocenters. The lowest BCUT2D eigenvalue weighted by Crippen LogP contribution is -2.56. The molecule has 7 heteroatoms. The number of nitrogens with zero attached hydrogens (tertiary/aromatic N) is 1. The van der Waals surface area contributed by atoms with E-state index in [1.165, 1.54) is 20.9 Å². The van der Waals surface area contributed by atoms with Crippen LogP contribution in [0.25, 0.3) is 0 Å². The van der Waals surface area contributed by atoms with Crippen LogP contribution in [0.2, 0.25) is 0 Å². The van der Waals surface area contributed by atoms with Crippen molar-refractivity contribution in [3.63, 3.8) is 0 Å². The van der Waals surface area contributed by atoms with Gasteiger partial charge in [0.25, 0.3) is 0 Å². The van der Waals surface area contributed by atoms with Gasteiger partial charge in [-0.05, 0) is 13.8 Å². The fraction of sp³-hybridized carbons (Fsp3) is 0.750. The zero-order chi connectivity index (χ0) is 12.2. The Kier molecular flexibility index (Phi) is 5.20. The van der Waals surface area contributed by atoms with Crippen molar-refractivity contribution in [1.82, 2.24) is 10.4 Å². The van der Waals surface area contributed by atoms with Crippen LogP contribution in [0.5, 0.6) is 0 Å². The lowest BCUT2D eigenvalue weighted by Gasteiger charge is -2.28. The largest absolute Gasteiger partial charge is 0.480 e. The van der Waals surface area contributed by atoms with Crippen LogP contribution in [0.15, 0.2) is 0 Å². The van der Waals surface area contributed by atoms with E-state index in [1.807, 2.05) is 0 Å². The van der Waals surface area contributed by atoms with Crippen LogP contribution < -0.4 is 5.43 Å². The molecule has 0 spiro atoms. The zero-order valence-electron chi connectivity index (χ0n) is 8.84. The summed E-state index contributed by atoms with van der Waals surface area (Å²) in [7, 11) is 1.37. The molecule has 0 unspecified atom stereocenters. The molecule has 0 aromatic carbocycles. The van der Waals surface area contributed by atoms with Crippen molar-refractivity contribution in [2.24, 2.45) is 0 Å². The van der Waals surface area contributed by atoms with E-state index >= 15 is 0 Å². The predicted molar refractivity (Wildman–Crippen MR) is 51.1 cm³/mol. The third kappa shape index (κ3) is 4.24. The Balaban J connectivity index is 4.45. The number of carbonyl (C=O) groups is 2. The first-order valence-electron chi connectivity index (χ1n) is 4.40. The van der Waals surface area contributed by atoms with Gasteiger partial charge in [-0.25, -0.2) is 10.4 Å². The highest BCUT2D eigenvalue weighted by Gasteiger charge is 2.29. The maximum atomic E-state index is 10.7. The fourth-order valence-electron chi connectivity index (χ4n) is 1.14. The smallest absolute Gasteiger partial charge is 0.325 e. The Hall–Kier alpha value is -1.18. The second-order valence-corrected chi connectivity index (χ2v) is 3.32. The van der Waals surface area contributed by atoms with E-state index in [4.69, 9.17) is 10.2 Å². The van der Waals surface area contributed by atoms with Crippen LogP contribution in [0, 0.1) is 0 Å². The Morgan fingerprint density at radius 1 is 1.20 bits per heavy atom. The molecule has 0 aliphatic carbocycles. The van der Waals surface area contributed by atoms with Gasteiger partial charge in [0, 0.05) is 7.05 Å². The van der Waals surface area contributed by atoms with E-state index in [9.17, 15) is 14.7 Å². The summed E-state index contributed by atoms with van der Waals surface area (Å²) < 4.78 is 0. The number of aliphatic carboxylic acids is 2. The van der Waals surface area contributed by atoms with E-state index in [0.717, 1.165) is 5.01 Å². The highest BCUT2D eigenvalue weighted by Crippen LogP contribution is 2.01. The molecule has 0 aliphatic rings. The molecule has 0 rings (SSSR count). The van der Waals surface area contributed by atoms with Crippen molar-refractivity contribution in [3.05, 3.63) is 0 Å². The average Bonchev–Trinajstić information content (AvgIpc) is 2.01. The number of nitrogens with one attached hydrogen (secondary N) is 1. The number of aliphatic hydroxyl groups excluding tert-OH is 1. The standard InChI is InChI=1S/C8H16N2O5/c1-4(7(12)13)9-10(3)6(5(2)11)8(14)15/h4-6,9,11H,1-3H3,(H,12,13)(H,14,15)/t4-,5+,6-/m0/s1. The molecule has 0 fully saturated rings. The van der Waals surface area contributed by atoms with Gasteiger partial charge in [-0.1, -0.05) is 0 Å². The summed E-state index contributed by atoms with van der Waals surface area (Å²) in [5.74, 6) is -2.32. The van der Waals surface area contributed by atoms with Crippen LogP contribution in [0.3, 0.4) is 0 Å². The quantitative estimate of drug-likeness (QED) is 0.413. The molecule has 7 nitrogen and oxygen atoms in total. The molecule has 0 saturated carbocycles. The molecule has 0 aliphatic heterocycles. The summed E-state index contributed by atoms with van der Waals surface area (Å²) in [6.45, 7) is 2.70. The van der Waals surface area contributed by atoms with Crippen LogP contribution in [-0.4, -0.2) is 57.5 Å². The number of hydrogen-bond acceptors (Lipinski definition) is 5. The topological polar surface area (TPSA) is 110 Å². The molecule has 0 aromatic heterocycles. The third-order valence-corrected chi connectivity index (χ3v) is 1.89. The zero-order valence-corrected chi connectivity index (χ0v) is 8.84. The van der Waals surface area contributed by atoms with E-state index in [-0.39, 0.29) is 0 Å². The van der Waals surface area contributed by atoms with Crippen LogP contribution in [-0.2, 0) is 9.59 Å². The third-order valence-electron chi connectivity index (χ3n) is 1.89. The lowest BCUT2D eigenvalue weighted by molar-refractivity contribution is -0.151. The maximum absolute atomic E-state index is 10.7. The van der Waals surface area contributed by atoms with Gasteiger partial charge in [0.05, 0.1) is 6.10 Å². The maximum Gasteiger partial charge on any atom is 0.325 e. The predicted octanol–water partition coefficient (Wildman–Crippen LogP) is -1.27. The van der Waals surface area contributed by atoms with Crippen molar-refractivity contribution < 1.29 is 24.9 Å². The average molecular weight is 220 g/mol. The molecule has 0 heterocycles. The van der Waals surface area contributed by atoms with Gasteiger partial charge in [-0.3, -0.25) is 9.59 Å². The second kappa shape index (κ2) is 5.64. The Bertz CT molecular complexity index is 243. The highest BCUT2D eigenvalue weighted by molar-refractivity contribution is 5.75. The van der Waals surface area contributed by atoms with Gasteiger partial charge in [0.1, 0.15) is 12.1 Å². The number of likely N-dealkylation sites (N-methyl/N-ethyl adjacent to an activating group) is 1. The lowest BCUT2D eigenvalue weighted by atomic mass is 10.2. The van der Waals surface area contributed by atoms with Gasteiger partial charge < -0.3 is 15.3 Å². The van der Waals surface area contributed by atoms with E-state index < -0.39 is 30.1 Å². The number of hydrazine groups is 1. The first kappa shape index (κ1) is 13.8. The van der Waals surface area contributed by atoms with Gasteiger partial charge in [-0.2, -0.15) is 0 Å².